The molecule has 3 rings (SSSR count). The van der Waals surface area contributed by atoms with E-state index in [2.05, 4.69) is 20.5 Å². The average molecular weight is 404 g/mol. The van der Waals surface area contributed by atoms with E-state index in [1.54, 1.807) is 37.7 Å². The predicted molar refractivity (Wildman–Crippen MR) is 106 cm³/mol. The van der Waals surface area contributed by atoms with E-state index in [0.717, 1.165) is 11.4 Å². The van der Waals surface area contributed by atoms with Crippen molar-refractivity contribution in [2.24, 2.45) is 7.05 Å². The smallest absolute Gasteiger partial charge is 0.237 e. The van der Waals surface area contributed by atoms with Crippen LogP contribution in [0.1, 0.15) is 6.92 Å². The van der Waals surface area contributed by atoms with Crippen molar-refractivity contribution in [1.29, 1.82) is 0 Å². The van der Waals surface area contributed by atoms with Crippen molar-refractivity contribution < 1.29 is 9.53 Å². The molecule has 1 N–H and O–H groups in total. The Morgan fingerprint density at radius 3 is 2.67 bits per heavy atom. The van der Waals surface area contributed by atoms with Crippen LogP contribution in [0.2, 0.25) is 5.02 Å². The summed E-state index contributed by atoms with van der Waals surface area (Å²) in [7, 11) is 3.41. The fourth-order valence-electron chi connectivity index (χ4n) is 2.37. The van der Waals surface area contributed by atoms with Crippen LogP contribution >= 0.6 is 23.4 Å². The number of halogens is 1. The highest BCUT2D eigenvalue weighted by atomic mass is 35.5. The minimum atomic E-state index is -0.376. The molecule has 0 bridgehead atoms. The topological polar surface area (TPSA) is 81.9 Å². The van der Waals surface area contributed by atoms with Gasteiger partial charge < -0.3 is 14.6 Å². The minimum Gasteiger partial charge on any atom is -0.495 e. The lowest BCUT2D eigenvalue weighted by Gasteiger charge is -2.12. The molecule has 0 unspecified atom stereocenters. The highest BCUT2D eigenvalue weighted by Crippen LogP contribution is 2.29. The molecule has 2 aromatic heterocycles. The van der Waals surface area contributed by atoms with Gasteiger partial charge in [0.15, 0.2) is 11.0 Å². The standard InChI is InChI=1S/C18H18ClN5O2S/c1-11(17(25)21-13-4-5-15(26-3)14(19)10-13)27-18-23-22-16(24(18)2)12-6-8-20-9-7-12/h4-11H,1-3H3,(H,21,25)/t11-/m0/s1. The van der Waals surface area contributed by atoms with E-state index < -0.39 is 0 Å². The zero-order valence-corrected chi connectivity index (χ0v) is 16.6. The number of nitrogens with one attached hydrogen (secondary N) is 1. The first kappa shape index (κ1) is 19.2. The lowest BCUT2D eigenvalue weighted by atomic mass is 10.2. The molecule has 0 saturated heterocycles. The van der Waals surface area contributed by atoms with Crippen molar-refractivity contribution in [2.45, 2.75) is 17.3 Å². The van der Waals surface area contributed by atoms with Gasteiger partial charge in [-0.1, -0.05) is 23.4 Å². The van der Waals surface area contributed by atoms with Gasteiger partial charge in [0.1, 0.15) is 5.75 Å². The molecular weight excluding hydrogens is 386 g/mol. The van der Waals surface area contributed by atoms with Crippen molar-refractivity contribution >= 4 is 35.0 Å². The van der Waals surface area contributed by atoms with E-state index in [9.17, 15) is 4.79 Å². The number of rotatable bonds is 6. The maximum Gasteiger partial charge on any atom is 0.237 e. The molecule has 27 heavy (non-hydrogen) atoms. The summed E-state index contributed by atoms with van der Waals surface area (Å²) in [6.45, 7) is 1.81. The molecular formula is C18H18ClN5O2S. The number of carbonyl (C=O) groups is 1. The summed E-state index contributed by atoms with van der Waals surface area (Å²) in [5, 5.41) is 12.0. The van der Waals surface area contributed by atoms with Gasteiger partial charge in [0.25, 0.3) is 0 Å². The van der Waals surface area contributed by atoms with Crippen LogP contribution in [0.3, 0.4) is 0 Å². The highest BCUT2D eigenvalue weighted by Gasteiger charge is 2.19. The summed E-state index contributed by atoms with van der Waals surface area (Å²) >= 11 is 7.43. The number of anilines is 1. The number of pyridine rings is 1. The maximum atomic E-state index is 12.5. The lowest BCUT2D eigenvalue weighted by Crippen LogP contribution is -2.22. The Balaban J connectivity index is 1.68. The van der Waals surface area contributed by atoms with E-state index >= 15 is 0 Å². The van der Waals surface area contributed by atoms with Crippen LogP contribution < -0.4 is 10.1 Å². The number of aromatic nitrogens is 4. The minimum absolute atomic E-state index is 0.158. The van der Waals surface area contributed by atoms with Crippen molar-refractivity contribution in [3.63, 3.8) is 0 Å². The molecule has 0 aliphatic rings. The van der Waals surface area contributed by atoms with E-state index in [1.807, 2.05) is 30.7 Å². The lowest BCUT2D eigenvalue weighted by molar-refractivity contribution is -0.115. The van der Waals surface area contributed by atoms with E-state index in [1.165, 1.54) is 11.8 Å². The van der Waals surface area contributed by atoms with Gasteiger partial charge in [-0.2, -0.15) is 0 Å². The molecule has 140 valence electrons. The quantitative estimate of drug-likeness (QED) is 0.632. The number of hydrogen-bond acceptors (Lipinski definition) is 6. The number of hydrogen-bond donors (Lipinski definition) is 1. The van der Waals surface area contributed by atoms with Crippen LogP contribution in [-0.2, 0) is 11.8 Å². The summed E-state index contributed by atoms with van der Waals surface area (Å²) in [5.74, 6) is 1.11. The molecule has 3 aromatic rings. The fraction of sp³-hybridized carbons (Fsp3) is 0.222. The Hall–Kier alpha value is -2.58. The Bertz CT molecular complexity index is 948. The number of ether oxygens (including phenoxy) is 1. The largest absolute Gasteiger partial charge is 0.495 e. The van der Waals surface area contributed by atoms with Crippen LogP contribution in [0, 0.1) is 0 Å². The summed E-state index contributed by atoms with van der Waals surface area (Å²) in [4.78, 5) is 16.5. The van der Waals surface area contributed by atoms with Crippen LogP contribution in [0.5, 0.6) is 5.75 Å². The number of benzene rings is 1. The second-order valence-corrected chi connectivity index (χ2v) is 7.41. The van der Waals surface area contributed by atoms with Gasteiger partial charge in [-0.15, -0.1) is 10.2 Å². The van der Waals surface area contributed by atoms with Gasteiger partial charge in [-0.3, -0.25) is 9.78 Å². The molecule has 1 atom stereocenters. The van der Waals surface area contributed by atoms with Gasteiger partial charge in [0.05, 0.1) is 17.4 Å². The van der Waals surface area contributed by atoms with Gasteiger partial charge in [-0.05, 0) is 37.3 Å². The van der Waals surface area contributed by atoms with E-state index in [-0.39, 0.29) is 11.2 Å². The molecule has 0 spiro atoms. The first-order valence-electron chi connectivity index (χ1n) is 8.10. The summed E-state index contributed by atoms with van der Waals surface area (Å²) in [6, 6.07) is 8.83. The molecule has 0 radical (unpaired) electrons. The maximum absolute atomic E-state index is 12.5. The fourth-order valence-corrected chi connectivity index (χ4v) is 3.44. The third kappa shape index (κ3) is 4.40. The zero-order chi connectivity index (χ0) is 19.4. The van der Waals surface area contributed by atoms with Crippen molar-refractivity contribution in [1.82, 2.24) is 19.7 Å². The second-order valence-electron chi connectivity index (χ2n) is 5.70. The van der Waals surface area contributed by atoms with E-state index in [0.29, 0.717) is 21.6 Å². The molecule has 9 heteroatoms. The molecule has 7 nitrogen and oxygen atoms in total. The number of amides is 1. The van der Waals surface area contributed by atoms with Crippen LogP contribution in [0.4, 0.5) is 5.69 Å². The number of methoxy groups -OCH3 is 1. The first-order valence-corrected chi connectivity index (χ1v) is 9.36. The Morgan fingerprint density at radius 2 is 2.00 bits per heavy atom. The number of thioether (sulfide) groups is 1. The molecule has 1 amide bonds. The molecule has 0 saturated carbocycles. The summed E-state index contributed by atoms with van der Waals surface area (Å²) < 4.78 is 6.97. The van der Waals surface area contributed by atoms with Crippen LogP contribution in [0.25, 0.3) is 11.4 Å². The third-order valence-electron chi connectivity index (χ3n) is 3.84. The van der Waals surface area contributed by atoms with Crippen LogP contribution in [0.15, 0.2) is 47.9 Å². The van der Waals surface area contributed by atoms with E-state index in [4.69, 9.17) is 16.3 Å². The first-order chi connectivity index (χ1) is 13.0. The molecule has 1 aromatic carbocycles. The van der Waals surface area contributed by atoms with Crippen LogP contribution in [-0.4, -0.2) is 38.0 Å². The number of nitrogens with zero attached hydrogens (tertiary/aromatic N) is 4. The van der Waals surface area contributed by atoms with Crippen molar-refractivity contribution in [3.8, 4) is 17.1 Å². The van der Waals surface area contributed by atoms with Crippen molar-refractivity contribution in [3.05, 3.63) is 47.7 Å². The van der Waals surface area contributed by atoms with Gasteiger partial charge in [0.2, 0.25) is 5.91 Å². The van der Waals surface area contributed by atoms with Gasteiger partial charge >= 0.3 is 0 Å². The molecule has 2 heterocycles. The third-order valence-corrected chi connectivity index (χ3v) is 5.27. The predicted octanol–water partition coefficient (Wildman–Crippen LogP) is 3.66. The number of carbonyl (C=O) groups excluding carboxylic acids is 1. The average Bonchev–Trinajstić information content (AvgIpc) is 3.03. The molecule has 0 fully saturated rings. The second kappa shape index (κ2) is 8.41. The Kier molecular flexibility index (Phi) is 5.98. The summed E-state index contributed by atoms with van der Waals surface area (Å²) in [5.41, 5.74) is 1.52. The SMILES string of the molecule is COc1ccc(NC(=O)[C@H](C)Sc2nnc(-c3ccncc3)n2C)cc1Cl. The monoisotopic (exact) mass is 403 g/mol. The Labute approximate surface area is 166 Å². The van der Waals surface area contributed by atoms with Crippen molar-refractivity contribution in [2.75, 3.05) is 12.4 Å². The highest BCUT2D eigenvalue weighted by molar-refractivity contribution is 8.00. The normalized spacial score (nSPS) is 11.9. The summed E-state index contributed by atoms with van der Waals surface area (Å²) in [6.07, 6.45) is 3.40. The van der Waals surface area contributed by atoms with Gasteiger partial charge in [-0.25, -0.2) is 0 Å². The Morgan fingerprint density at radius 1 is 1.26 bits per heavy atom. The van der Waals surface area contributed by atoms with Gasteiger partial charge in [0, 0.05) is 30.7 Å². The molecule has 0 aliphatic carbocycles. The zero-order valence-electron chi connectivity index (χ0n) is 15.0. The molecule has 0 aliphatic heterocycles.